The number of carbonyl (C=O) groups excluding carboxylic acids is 1. The van der Waals surface area contributed by atoms with Crippen LogP contribution in [0.4, 0.5) is 35.3 Å². The lowest BCUT2D eigenvalue weighted by molar-refractivity contribution is -0.143. The molecule has 0 bridgehead atoms. The van der Waals surface area contributed by atoms with Crippen LogP contribution in [0.1, 0.15) is 25.3 Å². The summed E-state index contributed by atoms with van der Waals surface area (Å²) in [5.74, 6) is 0.322. The number of aliphatic hydroxyl groups excluding tert-OH is 1. The Morgan fingerprint density at radius 1 is 1.21 bits per heavy atom. The Labute approximate surface area is 219 Å². The van der Waals surface area contributed by atoms with E-state index >= 15 is 0 Å². The Morgan fingerprint density at radius 2 is 2.00 bits per heavy atom. The van der Waals surface area contributed by atoms with Crippen molar-refractivity contribution in [3.63, 3.8) is 0 Å². The maximum atomic E-state index is 12.8. The van der Waals surface area contributed by atoms with E-state index in [0.717, 1.165) is 22.3 Å². The molecular weight excluding hydrogens is 497 g/mol. The lowest BCUT2D eigenvalue weighted by Gasteiger charge is -2.19. The SMILES string of the molecule is Cc1ccc(NC(=O)N2CCC(CC(F)(F)F)C2)cc1-c1cc(N[C@H](C)CO)nc(-c2ccnc(N)c2)c1. The second-order valence-corrected chi connectivity index (χ2v) is 9.70. The molecule has 0 saturated carbocycles. The normalized spacial score (nSPS) is 16.4. The standard InChI is InChI=1S/C27H31F3N6O2/c1-16-3-4-21(34-26(38)36-8-6-18(14-36)13-27(28,29)30)12-22(16)20-9-23(19-5-7-32-24(31)10-19)35-25(11-20)33-17(2)15-37/h3-5,7,9-12,17-18,37H,6,8,13-15H2,1-2H3,(H2,31,32)(H,33,35)(H,34,38)/t17-,18?/m1/s1. The van der Waals surface area contributed by atoms with Crippen LogP contribution in [-0.2, 0) is 0 Å². The Hall–Kier alpha value is -3.86. The van der Waals surface area contributed by atoms with E-state index in [2.05, 4.69) is 20.6 Å². The molecule has 2 aromatic heterocycles. The first-order valence-electron chi connectivity index (χ1n) is 12.4. The van der Waals surface area contributed by atoms with Gasteiger partial charge in [0.05, 0.1) is 12.3 Å². The number of carbonyl (C=O) groups is 1. The van der Waals surface area contributed by atoms with Crippen LogP contribution in [0.5, 0.6) is 0 Å². The number of amides is 2. The first kappa shape index (κ1) is 27.2. The van der Waals surface area contributed by atoms with Gasteiger partial charge in [0.25, 0.3) is 0 Å². The maximum Gasteiger partial charge on any atom is 0.389 e. The second-order valence-electron chi connectivity index (χ2n) is 9.70. The third-order valence-electron chi connectivity index (χ3n) is 6.46. The summed E-state index contributed by atoms with van der Waals surface area (Å²) in [4.78, 5) is 23.0. The van der Waals surface area contributed by atoms with E-state index in [9.17, 15) is 23.1 Å². The van der Waals surface area contributed by atoms with Gasteiger partial charge in [-0.2, -0.15) is 13.2 Å². The number of pyridine rings is 2. The van der Waals surface area contributed by atoms with E-state index in [1.165, 1.54) is 4.90 Å². The summed E-state index contributed by atoms with van der Waals surface area (Å²) >= 11 is 0. The number of nitrogens with two attached hydrogens (primary N) is 1. The first-order chi connectivity index (χ1) is 18.0. The lowest BCUT2D eigenvalue weighted by Crippen LogP contribution is -2.33. The molecule has 202 valence electrons. The maximum absolute atomic E-state index is 12.8. The molecule has 0 spiro atoms. The zero-order valence-electron chi connectivity index (χ0n) is 21.2. The number of benzene rings is 1. The molecule has 38 heavy (non-hydrogen) atoms. The van der Waals surface area contributed by atoms with E-state index < -0.39 is 24.5 Å². The molecule has 2 atom stereocenters. The number of hydrogen-bond donors (Lipinski definition) is 4. The van der Waals surface area contributed by atoms with E-state index in [1.54, 1.807) is 24.4 Å². The van der Waals surface area contributed by atoms with Gasteiger partial charge in [-0.3, -0.25) is 0 Å². The summed E-state index contributed by atoms with van der Waals surface area (Å²) in [7, 11) is 0. The van der Waals surface area contributed by atoms with Crippen molar-refractivity contribution in [2.75, 3.05) is 36.1 Å². The number of aromatic nitrogens is 2. The minimum atomic E-state index is -4.24. The number of nitrogens with zero attached hydrogens (tertiary/aromatic N) is 3. The van der Waals surface area contributed by atoms with Gasteiger partial charge in [-0.25, -0.2) is 14.8 Å². The quantitative estimate of drug-likeness (QED) is 0.331. The summed E-state index contributed by atoms with van der Waals surface area (Å²) in [6.07, 6.45) is -3.20. The van der Waals surface area contributed by atoms with E-state index in [-0.39, 0.29) is 25.7 Å². The molecule has 8 nitrogen and oxygen atoms in total. The summed E-state index contributed by atoms with van der Waals surface area (Å²) in [6, 6.07) is 12.1. The Morgan fingerprint density at radius 3 is 2.71 bits per heavy atom. The molecule has 1 fully saturated rings. The fraction of sp³-hybridized carbons (Fsp3) is 0.370. The molecule has 1 aliphatic heterocycles. The van der Waals surface area contributed by atoms with Crippen LogP contribution in [-0.4, -0.2) is 57.9 Å². The highest BCUT2D eigenvalue weighted by atomic mass is 19.4. The molecule has 4 rings (SSSR count). The number of hydrogen-bond acceptors (Lipinski definition) is 6. The molecule has 3 heterocycles. The minimum Gasteiger partial charge on any atom is -0.394 e. The Bertz CT molecular complexity index is 1300. The van der Waals surface area contributed by atoms with Crippen LogP contribution in [0.2, 0.25) is 0 Å². The van der Waals surface area contributed by atoms with E-state index in [1.807, 2.05) is 38.1 Å². The molecule has 1 unspecified atom stereocenters. The summed E-state index contributed by atoms with van der Waals surface area (Å²) in [5.41, 5.74) is 10.4. The number of rotatable bonds is 7. The van der Waals surface area contributed by atoms with Gasteiger partial charge in [-0.15, -0.1) is 0 Å². The van der Waals surface area contributed by atoms with Crippen molar-refractivity contribution in [1.29, 1.82) is 0 Å². The van der Waals surface area contributed by atoms with Crippen LogP contribution >= 0.6 is 0 Å². The fourth-order valence-electron chi connectivity index (χ4n) is 4.54. The highest BCUT2D eigenvalue weighted by molar-refractivity contribution is 5.91. The zero-order chi connectivity index (χ0) is 27.4. The van der Waals surface area contributed by atoms with Crippen molar-refractivity contribution in [3.8, 4) is 22.4 Å². The Kier molecular flexibility index (Phi) is 8.05. The monoisotopic (exact) mass is 528 g/mol. The molecule has 0 aliphatic carbocycles. The van der Waals surface area contributed by atoms with Crippen molar-refractivity contribution in [2.24, 2.45) is 5.92 Å². The van der Waals surface area contributed by atoms with Gasteiger partial charge in [0.2, 0.25) is 0 Å². The highest BCUT2D eigenvalue weighted by Gasteiger charge is 2.36. The number of urea groups is 1. The van der Waals surface area contributed by atoms with Crippen LogP contribution in [0.3, 0.4) is 0 Å². The largest absolute Gasteiger partial charge is 0.394 e. The molecular formula is C27H31F3N6O2. The molecule has 1 aliphatic rings. The number of aryl methyl sites for hydroxylation is 1. The molecule has 0 radical (unpaired) electrons. The van der Waals surface area contributed by atoms with Gasteiger partial charge in [0.15, 0.2) is 0 Å². The van der Waals surface area contributed by atoms with Crippen LogP contribution < -0.4 is 16.4 Å². The average Bonchev–Trinajstić information content (AvgIpc) is 3.32. The number of likely N-dealkylation sites (tertiary alicyclic amines) is 1. The number of nitrogen functional groups attached to an aromatic ring is 1. The number of halogens is 3. The van der Waals surface area contributed by atoms with E-state index in [4.69, 9.17) is 5.73 Å². The third kappa shape index (κ3) is 6.91. The number of anilines is 3. The van der Waals surface area contributed by atoms with Gasteiger partial charge in [-0.05, 0) is 79.3 Å². The Balaban J connectivity index is 1.61. The molecule has 2 amide bonds. The van der Waals surface area contributed by atoms with Gasteiger partial charge in [0.1, 0.15) is 11.6 Å². The van der Waals surface area contributed by atoms with Crippen LogP contribution in [0, 0.1) is 12.8 Å². The van der Waals surface area contributed by atoms with Gasteiger partial charge < -0.3 is 26.4 Å². The first-order valence-corrected chi connectivity index (χ1v) is 12.4. The van der Waals surface area contributed by atoms with E-state index in [0.29, 0.717) is 29.4 Å². The minimum absolute atomic E-state index is 0.0743. The average molecular weight is 529 g/mol. The molecule has 1 aromatic carbocycles. The summed E-state index contributed by atoms with van der Waals surface area (Å²) < 4.78 is 38.3. The number of aliphatic hydroxyl groups is 1. The van der Waals surface area contributed by atoms with Crippen molar-refractivity contribution in [1.82, 2.24) is 14.9 Å². The molecule has 1 saturated heterocycles. The smallest absolute Gasteiger partial charge is 0.389 e. The van der Waals surface area contributed by atoms with Gasteiger partial charge in [-0.1, -0.05) is 6.07 Å². The van der Waals surface area contributed by atoms with Crippen molar-refractivity contribution < 1.29 is 23.1 Å². The van der Waals surface area contributed by atoms with Crippen molar-refractivity contribution >= 4 is 23.4 Å². The zero-order valence-corrected chi connectivity index (χ0v) is 21.2. The molecule has 3 aromatic rings. The lowest BCUT2D eigenvalue weighted by atomic mass is 9.98. The third-order valence-corrected chi connectivity index (χ3v) is 6.46. The number of nitrogens with one attached hydrogen (secondary N) is 2. The summed E-state index contributed by atoms with van der Waals surface area (Å²) in [5, 5.41) is 15.5. The van der Waals surface area contributed by atoms with Gasteiger partial charge in [0, 0.05) is 43.0 Å². The second kappa shape index (κ2) is 11.3. The highest BCUT2D eigenvalue weighted by Crippen LogP contribution is 2.33. The predicted molar refractivity (Wildman–Crippen MR) is 142 cm³/mol. The molecule has 11 heteroatoms. The summed E-state index contributed by atoms with van der Waals surface area (Å²) in [6.45, 7) is 4.05. The predicted octanol–water partition coefficient (Wildman–Crippen LogP) is 5.30. The topological polar surface area (TPSA) is 116 Å². The van der Waals surface area contributed by atoms with Crippen molar-refractivity contribution in [3.05, 3.63) is 54.2 Å². The number of alkyl halides is 3. The van der Waals surface area contributed by atoms with Crippen molar-refractivity contribution in [2.45, 2.75) is 38.9 Å². The fourth-order valence-corrected chi connectivity index (χ4v) is 4.54. The van der Waals surface area contributed by atoms with Crippen LogP contribution in [0.15, 0.2) is 48.7 Å². The van der Waals surface area contributed by atoms with Crippen LogP contribution in [0.25, 0.3) is 22.4 Å². The molecule has 5 N–H and O–H groups in total. The van der Waals surface area contributed by atoms with Gasteiger partial charge >= 0.3 is 12.2 Å².